The minimum Gasteiger partial charge on any atom is -0.493 e. The Labute approximate surface area is 150 Å². The molecule has 4 nitrogen and oxygen atoms in total. The predicted molar refractivity (Wildman–Crippen MR) is 99.6 cm³/mol. The molecule has 2 aromatic rings. The van der Waals surface area contributed by atoms with E-state index in [0.29, 0.717) is 22.3 Å². The predicted octanol–water partition coefficient (Wildman–Crippen LogP) is 4.09. The number of thioether (sulfide) groups is 1. The number of nitrogens with zero attached hydrogens (tertiary/aromatic N) is 1. The van der Waals surface area contributed by atoms with E-state index in [0.717, 1.165) is 25.3 Å². The molecule has 1 fully saturated rings. The van der Waals surface area contributed by atoms with E-state index in [-0.39, 0.29) is 5.91 Å². The number of amides is 1. The van der Waals surface area contributed by atoms with E-state index >= 15 is 0 Å². The highest BCUT2D eigenvalue weighted by Gasteiger charge is 2.26. The summed E-state index contributed by atoms with van der Waals surface area (Å²) in [7, 11) is 3.15. The highest BCUT2D eigenvalue weighted by atomic mass is 32.2. The lowest BCUT2D eigenvalue weighted by Crippen LogP contribution is -2.33. The van der Waals surface area contributed by atoms with E-state index in [1.165, 1.54) is 4.88 Å². The van der Waals surface area contributed by atoms with Crippen molar-refractivity contribution in [1.29, 1.82) is 0 Å². The van der Waals surface area contributed by atoms with Crippen LogP contribution in [-0.2, 0) is 0 Å². The number of carbonyl (C=O) groups is 1. The molecular weight excluding hydrogens is 342 g/mol. The summed E-state index contributed by atoms with van der Waals surface area (Å²) < 4.78 is 10.7. The third-order valence-electron chi connectivity index (χ3n) is 4.12. The first-order valence-corrected chi connectivity index (χ1v) is 9.82. The number of para-hydroxylation sites is 1. The molecule has 1 saturated heterocycles. The van der Waals surface area contributed by atoms with Crippen molar-refractivity contribution in [1.82, 2.24) is 4.90 Å². The lowest BCUT2D eigenvalue weighted by molar-refractivity contribution is 0.0762. The van der Waals surface area contributed by atoms with Crippen LogP contribution in [0.2, 0.25) is 0 Å². The van der Waals surface area contributed by atoms with Gasteiger partial charge in [0.1, 0.15) is 0 Å². The molecule has 1 unspecified atom stereocenters. The SMILES string of the molecule is COc1cccc(C(=O)N2CCSC(c3cccs3)CC2)c1OC. The van der Waals surface area contributed by atoms with Crippen molar-refractivity contribution in [2.24, 2.45) is 0 Å². The van der Waals surface area contributed by atoms with Gasteiger partial charge in [0.15, 0.2) is 11.5 Å². The standard InChI is InChI=1S/C18H21NO3S2/c1-21-14-6-3-5-13(17(14)22-2)18(20)19-9-8-16(24-12-10-19)15-7-4-11-23-15/h3-7,11,16H,8-10,12H2,1-2H3. The molecule has 1 aromatic heterocycles. The fourth-order valence-electron chi connectivity index (χ4n) is 2.90. The maximum Gasteiger partial charge on any atom is 0.257 e. The summed E-state index contributed by atoms with van der Waals surface area (Å²) in [5.74, 6) is 2.06. The zero-order valence-electron chi connectivity index (χ0n) is 13.9. The Morgan fingerprint density at radius 3 is 2.75 bits per heavy atom. The Bertz CT molecular complexity index is 688. The van der Waals surface area contributed by atoms with Crippen molar-refractivity contribution < 1.29 is 14.3 Å². The Morgan fingerprint density at radius 1 is 1.17 bits per heavy atom. The Hall–Kier alpha value is -1.66. The maximum absolute atomic E-state index is 13.0. The number of thiophene rings is 1. The molecule has 1 aliphatic heterocycles. The maximum atomic E-state index is 13.0. The zero-order chi connectivity index (χ0) is 16.9. The van der Waals surface area contributed by atoms with Crippen LogP contribution in [0.1, 0.15) is 26.9 Å². The van der Waals surface area contributed by atoms with Gasteiger partial charge in [-0.1, -0.05) is 12.1 Å². The van der Waals surface area contributed by atoms with E-state index in [4.69, 9.17) is 9.47 Å². The second-order valence-electron chi connectivity index (χ2n) is 5.50. The normalized spacial score (nSPS) is 18.1. The van der Waals surface area contributed by atoms with Gasteiger partial charge in [0.25, 0.3) is 5.91 Å². The van der Waals surface area contributed by atoms with Crippen LogP contribution in [0.25, 0.3) is 0 Å². The third kappa shape index (κ3) is 3.54. The lowest BCUT2D eigenvalue weighted by atomic mass is 10.1. The average molecular weight is 364 g/mol. The molecule has 3 rings (SSSR count). The highest BCUT2D eigenvalue weighted by Crippen LogP contribution is 2.37. The Kier molecular flexibility index (Phi) is 5.68. The lowest BCUT2D eigenvalue weighted by Gasteiger charge is -2.22. The van der Waals surface area contributed by atoms with Crippen molar-refractivity contribution in [3.05, 3.63) is 46.2 Å². The van der Waals surface area contributed by atoms with E-state index in [2.05, 4.69) is 17.5 Å². The molecule has 1 aromatic carbocycles. The molecule has 0 spiro atoms. The van der Waals surface area contributed by atoms with Crippen molar-refractivity contribution >= 4 is 29.0 Å². The monoisotopic (exact) mass is 363 g/mol. The van der Waals surface area contributed by atoms with E-state index in [1.807, 2.05) is 22.7 Å². The van der Waals surface area contributed by atoms with E-state index in [1.54, 1.807) is 37.7 Å². The van der Waals surface area contributed by atoms with Crippen molar-refractivity contribution in [2.75, 3.05) is 33.1 Å². The first-order valence-electron chi connectivity index (χ1n) is 7.90. The van der Waals surface area contributed by atoms with Gasteiger partial charge in [0.05, 0.1) is 19.8 Å². The van der Waals surface area contributed by atoms with E-state index in [9.17, 15) is 4.79 Å². The minimum atomic E-state index is 0.0122. The van der Waals surface area contributed by atoms with Crippen LogP contribution in [0.15, 0.2) is 35.7 Å². The number of carbonyl (C=O) groups excluding carboxylic acids is 1. The molecule has 0 aliphatic carbocycles. The molecule has 24 heavy (non-hydrogen) atoms. The number of benzene rings is 1. The summed E-state index contributed by atoms with van der Waals surface area (Å²) in [4.78, 5) is 16.3. The first-order chi connectivity index (χ1) is 11.7. The van der Waals surface area contributed by atoms with Crippen LogP contribution in [0.4, 0.5) is 0 Å². The van der Waals surface area contributed by atoms with Gasteiger partial charge in [0.2, 0.25) is 0 Å². The molecule has 2 heterocycles. The topological polar surface area (TPSA) is 38.8 Å². The average Bonchev–Trinajstić information content (AvgIpc) is 3.05. The summed E-state index contributed by atoms with van der Waals surface area (Å²) in [6.45, 7) is 1.51. The van der Waals surface area contributed by atoms with Gasteiger partial charge in [-0.3, -0.25) is 4.79 Å². The Morgan fingerprint density at radius 2 is 2.04 bits per heavy atom. The van der Waals surface area contributed by atoms with Gasteiger partial charge in [-0.15, -0.1) is 11.3 Å². The van der Waals surface area contributed by atoms with Gasteiger partial charge in [0, 0.05) is 29.0 Å². The molecule has 0 bridgehead atoms. The molecule has 1 atom stereocenters. The zero-order valence-corrected chi connectivity index (χ0v) is 15.5. The summed E-state index contributed by atoms with van der Waals surface area (Å²) in [5.41, 5.74) is 0.566. The molecular formula is C18H21NO3S2. The van der Waals surface area contributed by atoms with Gasteiger partial charge in [-0.05, 0) is 30.0 Å². The molecule has 1 aliphatic rings. The van der Waals surface area contributed by atoms with Crippen LogP contribution < -0.4 is 9.47 Å². The molecule has 1 amide bonds. The first kappa shape index (κ1) is 17.2. The summed E-state index contributed by atoms with van der Waals surface area (Å²) in [5, 5.41) is 2.60. The van der Waals surface area contributed by atoms with Crippen LogP contribution in [0.5, 0.6) is 11.5 Å². The van der Waals surface area contributed by atoms with Crippen LogP contribution in [0.3, 0.4) is 0 Å². The number of ether oxygens (including phenoxy) is 2. The van der Waals surface area contributed by atoms with Crippen molar-refractivity contribution in [3.8, 4) is 11.5 Å². The number of methoxy groups -OCH3 is 2. The molecule has 128 valence electrons. The minimum absolute atomic E-state index is 0.0122. The van der Waals surface area contributed by atoms with Crippen LogP contribution in [0, 0.1) is 0 Å². The second kappa shape index (κ2) is 7.94. The van der Waals surface area contributed by atoms with Gasteiger partial charge in [-0.2, -0.15) is 11.8 Å². The van der Waals surface area contributed by atoms with E-state index < -0.39 is 0 Å². The number of hydrogen-bond acceptors (Lipinski definition) is 5. The fourth-order valence-corrected chi connectivity index (χ4v) is 5.14. The molecule has 0 N–H and O–H groups in total. The number of hydrogen-bond donors (Lipinski definition) is 0. The molecule has 0 radical (unpaired) electrons. The van der Waals surface area contributed by atoms with Crippen molar-refractivity contribution in [2.45, 2.75) is 11.7 Å². The van der Waals surface area contributed by atoms with Gasteiger partial charge in [-0.25, -0.2) is 0 Å². The largest absolute Gasteiger partial charge is 0.493 e. The third-order valence-corrected chi connectivity index (χ3v) is 6.57. The second-order valence-corrected chi connectivity index (χ2v) is 7.79. The van der Waals surface area contributed by atoms with Crippen LogP contribution >= 0.6 is 23.1 Å². The smallest absolute Gasteiger partial charge is 0.257 e. The summed E-state index contributed by atoms with van der Waals surface area (Å²) in [6, 6.07) is 9.72. The summed E-state index contributed by atoms with van der Waals surface area (Å²) in [6.07, 6.45) is 0.975. The highest BCUT2D eigenvalue weighted by molar-refractivity contribution is 7.99. The fraction of sp³-hybridized carbons (Fsp3) is 0.389. The Balaban J connectivity index is 1.76. The van der Waals surface area contributed by atoms with Gasteiger partial charge >= 0.3 is 0 Å². The van der Waals surface area contributed by atoms with Crippen LogP contribution in [-0.4, -0.2) is 43.9 Å². The molecule has 6 heteroatoms. The molecule has 0 saturated carbocycles. The van der Waals surface area contributed by atoms with Gasteiger partial charge < -0.3 is 14.4 Å². The number of rotatable bonds is 4. The van der Waals surface area contributed by atoms with Crippen molar-refractivity contribution in [3.63, 3.8) is 0 Å². The quantitative estimate of drug-likeness (QED) is 0.820. The summed E-state index contributed by atoms with van der Waals surface area (Å²) >= 11 is 3.73.